The Labute approximate surface area is 154 Å². The quantitative estimate of drug-likeness (QED) is 0.456. The Morgan fingerprint density at radius 2 is 1.59 bits per heavy atom. The van der Waals surface area contributed by atoms with Crippen LogP contribution in [-0.4, -0.2) is 0 Å². The highest BCUT2D eigenvalue weighted by molar-refractivity contribution is 8.45. The Morgan fingerprint density at radius 1 is 1.00 bits per heavy atom. The number of allylic oxidation sites excluding steroid dienone is 1. The molecule has 2 aromatic carbocycles. The molecule has 0 saturated heterocycles. The minimum atomic E-state index is -9.74. The van der Waals surface area contributed by atoms with Crippen LogP contribution in [0.15, 0.2) is 65.7 Å². The Hall–Kier alpha value is -2.09. The van der Waals surface area contributed by atoms with E-state index in [2.05, 4.69) is 11.9 Å². The summed E-state index contributed by atoms with van der Waals surface area (Å²) < 4.78 is 77.7. The Balaban J connectivity index is 2.10. The van der Waals surface area contributed by atoms with E-state index in [1.165, 1.54) is 18.2 Å². The molecule has 0 aliphatic carbocycles. The van der Waals surface area contributed by atoms with E-state index in [9.17, 15) is 23.8 Å². The van der Waals surface area contributed by atoms with E-state index in [-0.39, 0.29) is 11.5 Å². The summed E-state index contributed by atoms with van der Waals surface area (Å²) in [5.41, 5.74) is 0.642. The maximum absolute atomic E-state index is 13.0. The molecule has 8 heteroatoms. The predicted molar refractivity (Wildman–Crippen MR) is 99.1 cm³/mol. The molecule has 0 aromatic heterocycles. The molecule has 0 atom stereocenters. The van der Waals surface area contributed by atoms with E-state index in [0.29, 0.717) is 30.7 Å². The normalized spacial score (nSPS) is 15.0. The van der Waals surface area contributed by atoms with Gasteiger partial charge in [0.1, 0.15) is 10.7 Å². The van der Waals surface area contributed by atoms with Crippen molar-refractivity contribution in [1.29, 1.82) is 0 Å². The predicted octanol–water partition coefficient (Wildman–Crippen LogP) is 8.07. The lowest BCUT2D eigenvalue weighted by Crippen LogP contribution is -2.21. The molecule has 0 amide bonds. The van der Waals surface area contributed by atoms with Crippen LogP contribution >= 0.6 is 10.2 Å². The highest BCUT2D eigenvalue weighted by Gasteiger charge is 2.65. The molecular formula is C19H21F6NS. The molecule has 0 aliphatic rings. The highest BCUT2D eigenvalue weighted by atomic mass is 32.5. The van der Waals surface area contributed by atoms with Crippen LogP contribution in [0.2, 0.25) is 0 Å². The molecule has 0 heterocycles. The number of anilines is 1. The van der Waals surface area contributed by atoms with E-state index in [0.717, 1.165) is 11.6 Å². The molecule has 0 aliphatic heterocycles. The number of rotatable bonds is 7. The van der Waals surface area contributed by atoms with E-state index in [1.807, 2.05) is 13.8 Å². The van der Waals surface area contributed by atoms with Crippen molar-refractivity contribution in [3.63, 3.8) is 0 Å². The molecule has 2 rings (SSSR count). The monoisotopic (exact) mass is 409 g/mol. The van der Waals surface area contributed by atoms with Gasteiger partial charge in [0.2, 0.25) is 0 Å². The lowest BCUT2D eigenvalue weighted by atomic mass is 9.83. The number of hydrogen-bond acceptors (Lipinski definition) is 1. The van der Waals surface area contributed by atoms with Crippen LogP contribution in [0.25, 0.3) is 0 Å². The standard InChI is InChI=1S/C19H21F6NS/c1-14(19(2,3)12-11-15-7-9-16(20)10-8-15)26-17-5-4-6-18(13-17)27(21,22,23,24)25/h4-10,13,26H,1,11-12H2,2-3H3. The van der Waals surface area contributed by atoms with Crippen molar-refractivity contribution in [3.05, 3.63) is 72.2 Å². The molecule has 1 N–H and O–H groups in total. The fourth-order valence-electron chi connectivity index (χ4n) is 2.42. The molecule has 1 nitrogen and oxygen atoms in total. The summed E-state index contributed by atoms with van der Waals surface area (Å²) in [5, 5.41) is 2.71. The third-order valence-corrected chi connectivity index (χ3v) is 5.49. The molecule has 27 heavy (non-hydrogen) atoms. The minimum Gasteiger partial charge on any atom is -0.359 e. The highest BCUT2D eigenvalue weighted by Crippen LogP contribution is 3.02. The van der Waals surface area contributed by atoms with Crippen molar-refractivity contribution in [1.82, 2.24) is 0 Å². The van der Waals surface area contributed by atoms with Gasteiger partial charge in [-0.05, 0) is 48.7 Å². The van der Waals surface area contributed by atoms with Gasteiger partial charge < -0.3 is 5.32 Å². The maximum atomic E-state index is 13.0. The van der Waals surface area contributed by atoms with Gasteiger partial charge in [-0.3, -0.25) is 0 Å². The van der Waals surface area contributed by atoms with Crippen molar-refractivity contribution in [2.45, 2.75) is 31.6 Å². The number of nitrogens with one attached hydrogen (secondary N) is 1. The van der Waals surface area contributed by atoms with Gasteiger partial charge in [-0.2, -0.15) is 0 Å². The summed E-state index contributed by atoms with van der Waals surface area (Å²) in [6, 6.07) is 8.95. The van der Waals surface area contributed by atoms with Crippen molar-refractivity contribution in [3.8, 4) is 0 Å². The first-order valence-corrected chi connectivity index (χ1v) is 10.1. The first kappa shape index (κ1) is 21.2. The van der Waals surface area contributed by atoms with Gasteiger partial charge in [-0.15, -0.1) is 0 Å². The second-order valence-electron chi connectivity index (χ2n) is 7.11. The van der Waals surface area contributed by atoms with Crippen molar-refractivity contribution < 1.29 is 23.8 Å². The zero-order chi connectivity index (χ0) is 20.6. The molecule has 0 radical (unpaired) electrons. The fraction of sp³-hybridized carbons (Fsp3) is 0.263. The molecule has 0 bridgehead atoms. The van der Waals surface area contributed by atoms with Gasteiger partial charge in [0, 0.05) is 16.8 Å². The van der Waals surface area contributed by atoms with Crippen molar-refractivity contribution >= 4 is 15.9 Å². The van der Waals surface area contributed by atoms with Gasteiger partial charge >= 0.3 is 10.2 Å². The smallest absolute Gasteiger partial charge is 0.310 e. The van der Waals surface area contributed by atoms with Crippen LogP contribution in [0.5, 0.6) is 0 Å². The summed E-state index contributed by atoms with van der Waals surface area (Å²) >= 11 is 0. The topological polar surface area (TPSA) is 12.0 Å². The molecular weight excluding hydrogens is 388 g/mol. The average molecular weight is 409 g/mol. The summed E-state index contributed by atoms with van der Waals surface area (Å²) in [4.78, 5) is -1.95. The van der Waals surface area contributed by atoms with Gasteiger partial charge in [-0.25, -0.2) is 4.39 Å². The first-order chi connectivity index (χ1) is 12.1. The van der Waals surface area contributed by atoms with Gasteiger partial charge in [0.25, 0.3) is 0 Å². The molecule has 150 valence electrons. The number of hydrogen-bond donors (Lipinski definition) is 1. The SMILES string of the molecule is C=C(Nc1cccc(S(F)(F)(F)(F)F)c1)C(C)(C)CCc1ccc(F)cc1. The second kappa shape index (κ2) is 6.22. The molecule has 0 saturated carbocycles. The third kappa shape index (κ3) is 5.95. The summed E-state index contributed by atoms with van der Waals surface area (Å²) in [7, 11) is -9.74. The molecule has 0 spiro atoms. The Morgan fingerprint density at radius 3 is 2.15 bits per heavy atom. The summed E-state index contributed by atoms with van der Waals surface area (Å²) in [5.74, 6) is -0.340. The second-order valence-corrected chi connectivity index (χ2v) is 9.52. The van der Waals surface area contributed by atoms with Crippen LogP contribution in [0.1, 0.15) is 25.8 Å². The molecule has 2 aromatic rings. The van der Waals surface area contributed by atoms with Crippen LogP contribution in [0.3, 0.4) is 0 Å². The van der Waals surface area contributed by atoms with Crippen LogP contribution in [0, 0.1) is 11.2 Å². The molecule has 0 unspecified atom stereocenters. The summed E-state index contributed by atoms with van der Waals surface area (Å²) in [6.45, 7) is 7.51. The van der Waals surface area contributed by atoms with E-state index in [4.69, 9.17) is 0 Å². The lowest BCUT2D eigenvalue weighted by molar-refractivity contribution is 0.364. The van der Waals surface area contributed by atoms with E-state index in [1.54, 1.807) is 12.1 Å². The van der Waals surface area contributed by atoms with Gasteiger partial charge in [0.15, 0.2) is 0 Å². The van der Waals surface area contributed by atoms with Gasteiger partial charge in [-0.1, -0.05) is 58.1 Å². The largest absolute Gasteiger partial charge is 0.359 e. The Kier molecular flexibility index (Phi) is 4.89. The zero-order valence-corrected chi connectivity index (χ0v) is 15.7. The van der Waals surface area contributed by atoms with E-state index >= 15 is 0 Å². The van der Waals surface area contributed by atoms with Crippen LogP contribution < -0.4 is 5.32 Å². The van der Waals surface area contributed by atoms with Crippen molar-refractivity contribution in [2.24, 2.45) is 5.41 Å². The Bertz CT molecular complexity index is 841. The third-order valence-electron chi connectivity index (χ3n) is 4.34. The van der Waals surface area contributed by atoms with Gasteiger partial charge in [0.05, 0.1) is 0 Å². The summed E-state index contributed by atoms with van der Waals surface area (Å²) in [6.07, 6.45) is 1.17. The number of aryl methyl sites for hydroxylation is 1. The van der Waals surface area contributed by atoms with Crippen LogP contribution in [0.4, 0.5) is 29.5 Å². The number of benzene rings is 2. The van der Waals surface area contributed by atoms with E-state index < -0.39 is 20.5 Å². The van der Waals surface area contributed by atoms with Crippen molar-refractivity contribution in [2.75, 3.05) is 5.32 Å². The van der Waals surface area contributed by atoms with Crippen LogP contribution in [-0.2, 0) is 6.42 Å². The minimum absolute atomic E-state index is 0.111. The maximum Gasteiger partial charge on any atom is 0.310 e. The average Bonchev–Trinajstić information content (AvgIpc) is 2.52. The fourth-order valence-corrected chi connectivity index (χ4v) is 3.10. The molecule has 0 fully saturated rings. The first-order valence-electron chi connectivity index (χ1n) is 8.12. The lowest BCUT2D eigenvalue weighted by Gasteiger charge is -2.40. The number of halogens is 6. The zero-order valence-electron chi connectivity index (χ0n) is 14.9.